The molecule has 0 radical (unpaired) electrons. The number of para-hydroxylation sites is 1. The number of aryl methyl sites for hydroxylation is 2. The molecule has 2 aromatic rings. The Bertz CT molecular complexity index is 766. The van der Waals surface area contributed by atoms with Gasteiger partial charge in [-0.2, -0.15) is 4.57 Å². The fourth-order valence-electron chi connectivity index (χ4n) is 3.80. The molecule has 0 unspecified atom stereocenters. The molecule has 0 N–H and O–H groups in total. The fraction of sp³-hybridized carbons (Fsp3) is 0.583. The smallest absolute Gasteiger partial charge is 0.305 e. The normalized spacial score (nSPS) is 10.9. The van der Waals surface area contributed by atoms with Gasteiger partial charge in [-0.25, -0.2) is 0 Å². The molecule has 6 heteroatoms. The third-order valence-electron chi connectivity index (χ3n) is 5.50. The summed E-state index contributed by atoms with van der Waals surface area (Å²) in [4.78, 5) is 11.4. The van der Waals surface area contributed by atoms with Crippen molar-refractivity contribution in [2.45, 2.75) is 58.9 Å². The molecule has 0 saturated heterocycles. The Morgan fingerprint density at radius 1 is 0.967 bits per heavy atom. The third kappa shape index (κ3) is 9.88. The van der Waals surface area contributed by atoms with Crippen LogP contribution in [0.3, 0.4) is 0 Å². The van der Waals surface area contributed by atoms with Crippen molar-refractivity contribution in [1.29, 1.82) is 0 Å². The van der Waals surface area contributed by atoms with Crippen LogP contribution >= 0.6 is 0 Å². The molecule has 0 bridgehead atoms. The SMILES string of the molecule is CCOC(=O)CCC[N+](C)(C)CCCCCC[n+]1ccc(C)c2ccccc21.[Br-].[Br-]. The number of halogens is 2. The number of quaternary nitrogens is 1. The average molecular weight is 546 g/mol. The van der Waals surface area contributed by atoms with Gasteiger partial charge in [-0.05, 0) is 44.7 Å². The first-order valence-electron chi connectivity index (χ1n) is 10.8. The Morgan fingerprint density at radius 3 is 2.37 bits per heavy atom. The number of esters is 1. The molecule has 0 aliphatic heterocycles. The van der Waals surface area contributed by atoms with E-state index in [1.165, 1.54) is 48.7 Å². The van der Waals surface area contributed by atoms with Gasteiger partial charge in [0.25, 0.3) is 0 Å². The topological polar surface area (TPSA) is 30.2 Å². The van der Waals surface area contributed by atoms with Crippen LogP contribution in [0.1, 0.15) is 51.0 Å². The monoisotopic (exact) mass is 544 g/mol. The number of fused-ring (bicyclic) bond motifs is 1. The van der Waals surface area contributed by atoms with E-state index in [-0.39, 0.29) is 39.9 Å². The number of pyridine rings is 1. The summed E-state index contributed by atoms with van der Waals surface area (Å²) in [6.45, 7) is 7.80. The summed E-state index contributed by atoms with van der Waals surface area (Å²) in [5.41, 5.74) is 2.68. The zero-order valence-corrected chi connectivity index (χ0v) is 22.2. The molecule has 0 spiro atoms. The van der Waals surface area contributed by atoms with Crippen LogP contribution < -0.4 is 38.5 Å². The third-order valence-corrected chi connectivity index (χ3v) is 5.50. The number of hydrogen-bond acceptors (Lipinski definition) is 2. The second-order valence-electron chi connectivity index (χ2n) is 8.42. The molecular formula is C24H38Br2N2O2. The highest BCUT2D eigenvalue weighted by atomic mass is 79.9. The van der Waals surface area contributed by atoms with Gasteiger partial charge in [0.1, 0.15) is 6.54 Å². The number of ether oxygens (including phenoxy) is 1. The number of hydrogen-bond donors (Lipinski definition) is 0. The Kier molecular flexibility index (Phi) is 14.4. The van der Waals surface area contributed by atoms with Crippen molar-refractivity contribution < 1.29 is 52.5 Å². The highest BCUT2D eigenvalue weighted by molar-refractivity contribution is 5.78. The van der Waals surface area contributed by atoms with Gasteiger partial charge in [0.05, 0.1) is 40.2 Å². The maximum Gasteiger partial charge on any atom is 0.305 e. The number of aromatic nitrogens is 1. The summed E-state index contributed by atoms with van der Waals surface area (Å²) < 4.78 is 8.37. The Morgan fingerprint density at radius 2 is 1.63 bits per heavy atom. The van der Waals surface area contributed by atoms with E-state index >= 15 is 0 Å². The first-order chi connectivity index (χ1) is 13.4. The van der Waals surface area contributed by atoms with E-state index in [2.05, 4.69) is 62.1 Å². The van der Waals surface area contributed by atoms with Crippen molar-refractivity contribution in [3.05, 3.63) is 42.1 Å². The van der Waals surface area contributed by atoms with Gasteiger partial charge in [0.15, 0.2) is 6.20 Å². The number of carbonyl (C=O) groups excluding carboxylic acids is 1. The first-order valence-corrected chi connectivity index (χ1v) is 10.8. The lowest BCUT2D eigenvalue weighted by Crippen LogP contribution is -3.00. The number of carbonyl (C=O) groups is 1. The van der Waals surface area contributed by atoms with Crippen molar-refractivity contribution >= 4 is 16.9 Å². The molecule has 2 rings (SSSR count). The van der Waals surface area contributed by atoms with E-state index in [9.17, 15) is 4.79 Å². The van der Waals surface area contributed by atoms with Crippen LogP contribution in [0.5, 0.6) is 0 Å². The van der Waals surface area contributed by atoms with Crippen molar-refractivity contribution in [3.63, 3.8) is 0 Å². The van der Waals surface area contributed by atoms with Crippen LogP contribution in [-0.2, 0) is 16.1 Å². The molecule has 1 aromatic heterocycles. The largest absolute Gasteiger partial charge is 1.00 e. The van der Waals surface area contributed by atoms with E-state index in [4.69, 9.17) is 4.74 Å². The van der Waals surface area contributed by atoms with Crippen molar-refractivity contribution in [2.75, 3.05) is 33.8 Å². The van der Waals surface area contributed by atoms with Gasteiger partial charge in [-0.15, -0.1) is 0 Å². The molecule has 170 valence electrons. The molecule has 0 aliphatic rings. The predicted molar refractivity (Wildman–Crippen MR) is 115 cm³/mol. The average Bonchev–Trinajstić information content (AvgIpc) is 2.66. The minimum atomic E-state index is -0.0661. The van der Waals surface area contributed by atoms with Crippen LogP contribution in [0.4, 0.5) is 0 Å². The van der Waals surface area contributed by atoms with Crippen molar-refractivity contribution in [3.8, 4) is 0 Å². The zero-order chi connectivity index (χ0) is 20.4. The fourth-order valence-corrected chi connectivity index (χ4v) is 3.80. The van der Waals surface area contributed by atoms with Crippen LogP contribution in [-0.4, -0.2) is 44.2 Å². The van der Waals surface area contributed by atoms with Gasteiger partial charge >= 0.3 is 5.97 Å². The number of rotatable bonds is 12. The Balaban J connectivity index is 0.00000420. The van der Waals surface area contributed by atoms with Crippen LogP contribution in [0.2, 0.25) is 0 Å². The van der Waals surface area contributed by atoms with Crippen molar-refractivity contribution in [2.24, 2.45) is 0 Å². The quantitative estimate of drug-likeness (QED) is 0.139. The Labute approximate surface area is 203 Å². The summed E-state index contributed by atoms with van der Waals surface area (Å²) in [5, 5.41) is 1.35. The standard InChI is InChI=1S/C24H38N2O2.2BrH/c1-5-28-24(27)15-12-20-26(3,4)19-11-7-6-10-17-25-18-16-21(2)22-13-8-9-14-23(22)25;;/h8-9,13-14,16,18H,5-7,10-12,15,17,19-20H2,1-4H3;2*1H/q+2;;/p-2. The van der Waals surface area contributed by atoms with Crippen molar-refractivity contribution in [1.82, 2.24) is 0 Å². The molecule has 0 fully saturated rings. The highest BCUT2D eigenvalue weighted by Crippen LogP contribution is 2.14. The highest BCUT2D eigenvalue weighted by Gasteiger charge is 2.15. The molecule has 0 saturated carbocycles. The summed E-state index contributed by atoms with van der Waals surface area (Å²) in [7, 11) is 4.53. The van der Waals surface area contributed by atoms with Gasteiger partial charge in [-0.3, -0.25) is 4.79 Å². The lowest BCUT2D eigenvalue weighted by Gasteiger charge is -2.29. The van der Waals surface area contributed by atoms with Gasteiger partial charge < -0.3 is 43.2 Å². The van der Waals surface area contributed by atoms with Gasteiger partial charge in [0.2, 0.25) is 5.52 Å². The van der Waals surface area contributed by atoms with Gasteiger partial charge in [0, 0.05) is 30.4 Å². The van der Waals surface area contributed by atoms with E-state index in [1.54, 1.807) is 0 Å². The molecule has 30 heavy (non-hydrogen) atoms. The molecule has 1 aromatic carbocycles. The lowest BCUT2D eigenvalue weighted by atomic mass is 10.1. The minimum Gasteiger partial charge on any atom is -1.00 e. The Hall–Kier alpha value is -0.980. The van der Waals surface area contributed by atoms with E-state index in [1.807, 2.05) is 6.92 Å². The van der Waals surface area contributed by atoms with Gasteiger partial charge in [-0.1, -0.05) is 12.1 Å². The van der Waals surface area contributed by atoms with Crippen LogP contribution in [0, 0.1) is 6.92 Å². The number of nitrogens with zero attached hydrogens (tertiary/aromatic N) is 2. The van der Waals surface area contributed by atoms with Crippen LogP contribution in [0.25, 0.3) is 10.9 Å². The molecule has 0 atom stereocenters. The summed E-state index contributed by atoms with van der Waals surface area (Å²) in [6, 6.07) is 10.9. The van der Waals surface area contributed by atoms with Crippen LogP contribution in [0.15, 0.2) is 36.5 Å². The summed E-state index contributed by atoms with van der Waals surface area (Å²) in [6.07, 6.45) is 8.66. The lowest BCUT2D eigenvalue weighted by molar-refractivity contribution is -0.890. The number of unbranched alkanes of at least 4 members (excludes halogenated alkanes) is 3. The summed E-state index contributed by atoms with van der Waals surface area (Å²) in [5.74, 6) is -0.0661. The second-order valence-corrected chi connectivity index (χ2v) is 8.42. The minimum absolute atomic E-state index is 0. The molecule has 4 nitrogen and oxygen atoms in total. The van der Waals surface area contributed by atoms with E-state index < -0.39 is 0 Å². The molecule has 0 amide bonds. The number of benzene rings is 1. The van der Waals surface area contributed by atoms with E-state index in [0.717, 1.165) is 24.0 Å². The summed E-state index contributed by atoms with van der Waals surface area (Å²) >= 11 is 0. The molecular weight excluding hydrogens is 508 g/mol. The second kappa shape index (κ2) is 14.9. The zero-order valence-electron chi connectivity index (χ0n) is 19.0. The predicted octanol–water partition coefficient (Wildman–Crippen LogP) is -1.58. The maximum atomic E-state index is 11.4. The molecule has 0 aliphatic carbocycles. The molecule has 1 heterocycles. The van der Waals surface area contributed by atoms with E-state index in [0.29, 0.717) is 13.0 Å². The first kappa shape index (κ1) is 29.0. The maximum absolute atomic E-state index is 11.4.